The second-order valence-corrected chi connectivity index (χ2v) is 10.0. The molecule has 2 fully saturated rings. The van der Waals surface area contributed by atoms with Crippen LogP contribution in [0.3, 0.4) is 0 Å². The molecule has 1 saturated heterocycles. The third-order valence-electron chi connectivity index (χ3n) is 6.51. The number of pyridine rings is 1. The van der Waals surface area contributed by atoms with Gasteiger partial charge >= 0.3 is 0 Å². The van der Waals surface area contributed by atoms with Crippen molar-refractivity contribution in [2.75, 3.05) is 11.9 Å². The van der Waals surface area contributed by atoms with Crippen molar-refractivity contribution in [3.8, 4) is 11.3 Å². The standard InChI is InChI=1S/C23H33N5O/c1-23(2,3)10-9-20-18-12-17(11-16(18)13-24-20)25-21-7-6-19(26-27-21)15-5-8-22(29)28(4)14-15/h5-8,14,16-18,20,24H,9-13H2,1-4H3,(H,25,27)/t16-,17+,18+,20+/m1/s1. The van der Waals surface area contributed by atoms with Crippen molar-refractivity contribution in [3.05, 3.63) is 40.8 Å². The minimum atomic E-state index is -0.0259. The number of aryl methyl sites for hydroxylation is 1. The molecule has 6 nitrogen and oxygen atoms in total. The SMILES string of the molecule is Cn1cc(-c2ccc(N[C@H]3C[C@@H]4CN[C@@H](CCC(C)(C)C)[C@H]4C3)nn2)ccc1=O. The van der Waals surface area contributed by atoms with Crippen molar-refractivity contribution in [1.82, 2.24) is 20.1 Å². The van der Waals surface area contributed by atoms with Crippen LogP contribution in [0, 0.1) is 17.3 Å². The van der Waals surface area contributed by atoms with Crippen molar-refractivity contribution in [2.24, 2.45) is 24.3 Å². The van der Waals surface area contributed by atoms with E-state index in [0.717, 1.165) is 35.5 Å². The van der Waals surface area contributed by atoms with Gasteiger partial charge in [0, 0.05) is 37.0 Å². The fourth-order valence-corrected chi connectivity index (χ4v) is 4.88. The van der Waals surface area contributed by atoms with Gasteiger partial charge in [-0.3, -0.25) is 4.79 Å². The highest BCUT2D eigenvalue weighted by molar-refractivity contribution is 5.58. The van der Waals surface area contributed by atoms with E-state index in [-0.39, 0.29) is 5.56 Å². The third-order valence-corrected chi connectivity index (χ3v) is 6.51. The van der Waals surface area contributed by atoms with Gasteiger partial charge in [-0.15, -0.1) is 10.2 Å². The molecule has 0 aromatic carbocycles. The van der Waals surface area contributed by atoms with Gasteiger partial charge in [-0.05, 0) is 67.7 Å². The maximum absolute atomic E-state index is 11.6. The molecule has 2 aromatic heterocycles. The second kappa shape index (κ2) is 7.90. The molecule has 0 radical (unpaired) electrons. The highest BCUT2D eigenvalue weighted by Gasteiger charge is 2.43. The number of aromatic nitrogens is 3. The topological polar surface area (TPSA) is 71.8 Å². The van der Waals surface area contributed by atoms with Gasteiger partial charge in [-0.2, -0.15) is 0 Å². The zero-order valence-electron chi connectivity index (χ0n) is 18.0. The van der Waals surface area contributed by atoms with Crippen molar-refractivity contribution in [3.63, 3.8) is 0 Å². The van der Waals surface area contributed by atoms with Crippen LogP contribution in [0.5, 0.6) is 0 Å². The molecule has 0 spiro atoms. The number of fused-ring (bicyclic) bond motifs is 1. The fraction of sp³-hybridized carbons (Fsp3) is 0.609. The Morgan fingerprint density at radius 3 is 2.69 bits per heavy atom. The number of nitrogens with one attached hydrogen (secondary N) is 2. The average Bonchev–Trinajstić information content (AvgIpc) is 3.23. The molecule has 2 N–H and O–H groups in total. The maximum Gasteiger partial charge on any atom is 0.250 e. The molecule has 2 aliphatic rings. The number of anilines is 1. The van der Waals surface area contributed by atoms with E-state index in [4.69, 9.17) is 0 Å². The van der Waals surface area contributed by atoms with Crippen LogP contribution in [0.4, 0.5) is 5.82 Å². The number of hydrogen-bond donors (Lipinski definition) is 2. The van der Waals surface area contributed by atoms with Crippen LogP contribution < -0.4 is 16.2 Å². The first-order valence-corrected chi connectivity index (χ1v) is 10.8. The van der Waals surface area contributed by atoms with Crippen LogP contribution in [-0.2, 0) is 7.05 Å². The van der Waals surface area contributed by atoms with Gasteiger partial charge in [-0.1, -0.05) is 20.8 Å². The molecular weight excluding hydrogens is 362 g/mol. The van der Waals surface area contributed by atoms with E-state index in [1.807, 2.05) is 12.1 Å². The van der Waals surface area contributed by atoms with Crippen LogP contribution in [-0.4, -0.2) is 33.4 Å². The zero-order chi connectivity index (χ0) is 20.6. The number of hydrogen-bond acceptors (Lipinski definition) is 5. The Morgan fingerprint density at radius 2 is 2.00 bits per heavy atom. The summed E-state index contributed by atoms with van der Waals surface area (Å²) in [7, 11) is 1.75. The largest absolute Gasteiger partial charge is 0.366 e. The molecule has 0 unspecified atom stereocenters. The molecule has 0 amide bonds. The summed E-state index contributed by atoms with van der Waals surface area (Å²) >= 11 is 0. The molecule has 0 bridgehead atoms. The quantitative estimate of drug-likeness (QED) is 0.811. The molecule has 29 heavy (non-hydrogen) atoms. The van der Waals surface area contributed by atoms with Gasteiger partial charge in [0.1, 0.15) is 5.82 Å². The van der Waals surface area contributed by atoms with Gasteiger partial charge in [0.25, 0.3) is 0 Å². The molecule has 1 aliphatic carbocycles. The number of nitrogens with zero attached hydrogens (tertiary/aromatic N) is 3. The first kappa shape index (κ1) is 20.1. The summed E-state index contributed by atoms with van der Waals surface area (Å²) in [5, 5.41) is 16.1. The van der Waals surface area contributed by atoms with E-state index in [1.54, 1.807) is 29.9 Å². The highest BCUT2D eigenvalue weighted by Crippen LogP contribution is 2.41. The highest BCUT2D eigenvalue weighted by atomic mass is 16.1. The van der Waals surface area contributed by atoms with Crippen LogP contribution in [0.15, 0.2) is 35.3 Å². The smallest absolute Gasteiger partial charge is 0.250 e. The summed E-state index contributed by atoms with van der Waals surface area (Å²) in [5.74, 6) is 2.38. The predicted molar refractivity (Wildman–Crippen MR) is 117 cm³/mol. The monoisotopic (exact) mass is 395 g/mol. The molecule has 3 heterocycles. The summed E-state index contributed by atoms with van der Waals surface area (Å²) in [4.78, 5) is 11.6. The molecule has 4 rings (SSSR count). The summed E-state index contributed by atoms with van der Waals surface area (Å²) in [6.45, 7) is 8.14. The van der Waals surface area contributed by atoms with Gasteiger partial charge in [0.15, 0.2) is 0 Å². The summed E-state index contributed by atoms with van der Waals surface area (Å²) < 4.78 is 1.56. The van der Waals surface area contributed by atoms with Crippen LogP contribution in [0.2, 0.25) is 0 Å². The lowest BCUT2D eigenvalue weighted by atomic mass is 9.84. The van der Waals surface area contributed by atoms with Crippen molar-refractivity contribution in [1.29, 1.82) is 0 Å². The molecule has 1 aliphatic heterocycles. The van der Waals surface area contributed by atoms with Crippen LogP contribution >= 0.6 is 0 Å². The van der Waals surface area contributed by atoms with Crippen molar-refractivity contribution >= 4 is 5.82 Å². The molecular formula is C23H33N5O. The third kappa shape index (κ3) is 4.69. The molecule has 2 aromatic rings. The summed E-state index contributed by atoms with van der Waals surface area (Å²) in [6, 6.07) is 8.45. The first-order valence-electron chi connectivity index (χ1n) is 10.8. The van der Waals surface area contributed by atoms with E-state index in [9.17, 15) is 4.79 Å². The van der Waals surface area contributed by atoms with Crippen LogP contribution in [0.25, 0.3) is 11.3 Å². The summed E-state index contributed by atoms with van der Waals surface area (Å²) in [5.41, 5.74) is 2.05. The van der Waals surface area contributed by atoms with E-state index in [2.05, 4.69) is 41.6 Å². The minimum absolute atomic E-state index is 0.0259. The Kier molecular flexibility index (Phi) is 5.47. The number of rotatable bonds is 5. The maximum atomic E-state index is 11.6. The predicted octanol–water partition coefficient (Wildman–Crippen LogP) is 3.45. The first-order chi connectivity index (χ1) is 13.8. The lowest BCUT2D eigenvalue weighted by molar-refractivity contribution is 0.306. The van der Waals surface area contributed by atoms with E-state index < -0.39 is 0 Å². The van der Waals surface area contributed by atoms with Gasteiger partial charge < -0.3 is 15.2 Å². The van der Waals surface area contributed by atoms with E-state index in [0.29, 0.717) is 17.5 Å². The van der Waals surface area contributed by atoms with Crippen molar-refractivity contribution < 1.29 is 0 Å². The fourth-order valence-electron chi connectivity index (χ4n) is 4.88. The molecule has 6 heteroatoms. The lowest BCUT2D eigenvalue weighted by Gasteiger charge is -2.24. The normalized spacial score (nSPS) is 26.5. The Labute approximate surface area is 173 Å². The lowest BCUT2D eigenvalue weighted by Crippen LogP contribution is -2.30. The van der Waals surface area contributed by atoms with Gasteiger partial charge in [-0.25, -0.2) is 0 Å². The van der Waals surface area contributed by atoms with E-state index in [1.165, 1.54) is 25.7 Å². The van der Waals surface area contributed by atoms with Crippen LogP contribution in [0.1, 0.15) is 46.5 Å². The molecule has 4 atom stereocenters. The van der Waals surface area contributed by atoms with Gasteiger partial charge in [0.2, 0.25) is 5.56 Å². The Balaban J connectivity index is 1.36. The average molecular weight is 396 g/mol. The Hall–Kier alpha value is -2.21. The Morgan fingerprint density at radius 1 is 1.17 bits per heavy atom. The molecule has 1 saturated carbocycles. The second-order valence-electron chi connectivity index (χ2n) is 10.0. The Bertz CT molecular complexity index is 899. The zero-order valence-corrected chi connectivity index (χ0v) is 18.0. The van der Waals surface area contributed by atoms with E-state index >= 15 is 0 Å². The minimum Gasteiger partial charge on any atom is -0.366 e. The summed E-state index contributed by atoms with van der Waals surface area (Å²) in [6.07, 6.45) is 6.74. The van der Waals surface area contributed by atoms with Gasteiger partial charge in [0.05, 0.1) is 5.69 Å². The van der Waals surface area contributed by atoms with Crippen molar-refractivity contribution in [2.45, 2.75) is 58.5 Å². The molecule has 156 valence electrons.